The van der Waals surface area contributed by atoms with E-state index in [9.17, 15) is 9.90 Å². The molecule has 6 heterocycles. The minimum atomic E-state index is -1.05. The van der Waals surface area contributed by atoms with E-state index in [0.29, 0.717) is 17.2 Å². The Morgan fingerprint density at radius 1 is 0.520 bits per heavy atom. The number of carboxylic acid groups (broad SMARTS) is 1. The first-order valence-corrected chi connectivity index (χ1v) is 25.2. The number of hydrogen-bond acceptors (Lipinski definition) is 7. The average Bonchev–Trinajstić information content (AvgIpc) is 4.25. The number of aromatic amines is 2. The van der Waals surface area contributed by atoms with Gasteiger partial charge in [-0.05, 0) is 130 Å². The first-order valence-electron chi connectivity index (χ1n) is 25.2. The Labute approximate surface area is 437 Å². The van der Waals surface area contributed by atoms with Gasteiger partial charge in [0, 0.05) is 66.4 Å². The third-order valence-electron chi connectivity index (χ3n) is 14.8. The highest BCUT2D eigenvalue weighted by Crippen LogP contribution is 2.57. The Balaban J connectivity index is 1.30. The molecule has 8 bridgehead atoms. The van der Waals surface area contributed by atoms with E-state index in [1.807, 2.05) is 36.4 Å². The molecule has 10 nitrogen and oxygen atoms in total. The van der Waals surface area contributed by atoms with E-state index in [-0.39, 0.29) is 16.4 Å². The van der Waals surface area contributed by atoms with Crippen LogP contribution >= 0.6 is 0 Å². The maximum absolute atomic E-state index is 13.4. The molecule has 0 saturated heterocycles. The average molecular weight is 993 g/mol. The lowest BCUT2D eigenvalue weighted by Gasteiger charge is -2.41. The normalized spacial score (nSPS) is 13.5. The highest BCUT2D eigenvalue weighted by Gasteiger charge is 2.43. The Hall–Kier alpha value is -8.63. The van der Waals surface area contributed by atoms with Crippen molar-refractivity contribution in [3.05, 3.63) is 172 Å². The largest absolute Gasteiger partial charge is 0.497 e. The number of hydrogen-bond donors (Lipinski definition) is 3. The minimum Gasteiger partial charge on any atom is -0.497 e. The first-order chi connectivity index (χ1) is 35.9. The summed E-state index contributed by atoms with van der Waals surface area (Å²) in [6, 6.07) is 40.8. The number of nitrogens with one attached hydrogen (secondary N) is 2. The van der Waals surface area contributed by atoms with Crippen LogP contribution in [0.4, 0.5) is 0 Å². The van der Waals surface area contributed by atoms with E-state index < -0.39 is 11.4 Å². The highest BCUT2D eigenvalue weighted by molar-refractivity contribution is 6.01. The SMILES string of the molecule is COc1ccc(-c2c3nc(c(-c4ccc(OC)cc4)c4ccc([nH]4)c(-c4ccc(C(C)(C)C)c5c4Oc4c(C(=O)O)cc(C(C)(C)C)cc4C5(C)C)c4nc(c(-c5ccc(OC)cc5)c5ccc2[nH]5)C=C4)C=C3)cc1. The zero-order valence-corrected chi connectivity index (χ0v) is 44.2. The Morgan fingerprint density at radius 2 is 0.920 bits per heavy atom. The van der Waals surface area contributed by atoms with E-state index in [4.69, 9.17) is 28.9 Å². The molecule has 5 aromatic carbocycles. The van der Waals surface area contributed by atoms with E-state index in [0.717, 1.165) is 123 Å². The van der Waals surface area contributed by atoms with Crippen LogP contribution in [0.3, 0.4) is 0 Å². The van der Waals surface area contributed by atoms with Crippen molar-refractivity contribution in [3.8, 4) is 73.3 Å². The quantitative estimate of drug-likeness (QED) is 0.137. The van der Waals surface area contributed by atoms with Gasteiger partial charge in [0.25, 0.3) is 0 Å². The van der Waals surface area contributed by atoms with Gasteiger partial charge in [-0.15, -0.1) is 0 Å². The third kappa shape index (κ3) is 8.44. The molecule has 0 amide bonds. The summed E-state index contributed by atoms with van der Waals surface area (Å²) in [6.45, 7) is 17.3. The first kappa shape index (κ1) is 48.6. The molecule has 3 N–H and O–H groups in total. The zero-order valence-electron chi connectivity index (χ0n) is 44.2. The number of methoxy groups -OCH3 is 3. The van der Waals surface area contributed by atoms with E-state index in [2.05, 4.69) is 169 Å². The van der Waals surface area contributed by atoms with Gasteiger partial charge < -0.3 is 34.0 Å². The molecule has 0 saturated carbocycles. The second kappa shape index (κ2) is 18.1. The van der Waals surface area contributed by atoms with Gasteiger partial charge in [0.05, 0.1) is 44.1 Å². The molecule has 0 fully saturated rings. The number of aromatic nitrogens is 4. The van der Waals surface area contributed by atoms with Crippen molar-refractivity contribution in [3.63, 3.8) is 0 Å². The van der Waals surface area contributed by atoms with Crippen LogP contribution in [0.2, 0.25) is 0 Å². The fraction of sp³-hybridized carbons (Fsp3) is 0.215. The number of aromatic carboxylic acids is 1. The molecule has 75 heavy (non-hydrogen) atoms. The lowest BCUT2D eigenvalue weighted by atomic mass is 9.67. The predicted octanol–water partition coefficient (Wildman–Crippen LogP) is 16.1. The van der Waals surface area contributed by atoms with Gasteiger partial charge >= 0.3 is 5.97 Å². The van der Waals surface area contributed by atoms with Gasteiger partial charge in [-0.25, -0.2) is 14.8 Å². The van der Waals surface area contributed by atoms with E-state index in [1.54, 1.807) is 27.4 Å². The van der Waals surface area contributed by atoms with Crippen molar-refractivity contribution in [1.82, 2.24) is 19.9 Å². The van der Waals surface area contributed by atoms with Crippen LogP contribution in [0, 0.1) is 0 Å². The standard InChI is InChI=1S/C65H60N4O6/c1-63(2,3)39-34-44(62(70)71)60-46(35-39)65(7,8)59-45(64(4,5)6)25-24-43(61(59)75-60)58-53-32-30-51(68-53)56(37-14-20-41(73-10)21-15-37)49-28-26-47(66-49)55(36-12-18-40(72-9)19-13-36)48-27-29-50(67-48)57(52-31-33-54(58)69-52)38-16-22-42(74-11)23-17-38/h12-35,66,69H,1-11H3,(H,70,71). The molecule has 0 spiro atoms. The van der Waals surface area contributed by atoms with Crippen molar-refractivity contribution in [2.45, 2.75) is 71.6 Å². The molecular weight excluding hydrogens is 933 g/mol. The van der Waals surface area contributed by atoms with Crippen LogP contribution < -0.4 is 18.9 Å². The van der Waals surface area contributed by atoms with Gasteiger partial charge in [0.15, 0.2) is 0 Å². The summed E-state index contributed by atoms with van der Waals surface area (Å²) >= 11 is 0. The molecule has 10 heteroatoms. The molecule has 0 radical (unpaired) electrons. The van der Waals surface area contributed by atoms with Crippen molar-refractivity contribution in [2.75, 3.05) is 21.3 Å². The Kier molecular flexibility index (Phi) is 11.7. The van der Waals surface area contributed by atoms with Crippen LogP contribution in [0.1, 0.15) is 111 Å². The highest BCUT2D eigenvalue weighted by atomic mass is 16.5. The van der Waals surface area contributed by atoms with Gasteiger partial charge in [-0.3, -0.25) is 0 Å². The minimum absolute atomic E-state index is 0.124. The molecule has 376 valence electrons. The van der Waals surface area contributed by atoms with Gasteiger partial charge in [-0.2, -0.15) is 0 Å². The lowest BCUT2D eigenvalue weighted by molar-refractivity contribution is 0.0693. The Bertz CT molecular complexity index is 3810. The smallest absolute Gasteiger partial charge is 0.339 e. The molecule has 11 rings (SSSR count). The lowest BCUT2D eigenvalue weighted by Crippen LogP contribution is -2.31. The summed E-state index contributed by atoms with van der Waals surface area (Å²) in [6.07, 6.45) is 8.28. The molecule has 8 aromatic rings. The van der Waals surface area contributed by atoms with Gasteiger partial charge in [0.1, 0.15) is 34.3 Å². The van der Waals surface area contributed by atoms with Crippen molar-refractivity contribution in [2.24, 2.45) is 0 Å². The molecular formula is C65H60N4O6. The number of carboxylic acids is 1. The third-order valence-corrected chi connectivity index (χ3v) is 14.8. The number of rotatable bonds is 8. The van der Waals surface area contributed by atoms with E-state index in [1.165, 1.54) is 0 Å². The summed E-state index contributed by atoms with van der Waals surface area (Å²) in [5.41, 5.74) is 16.0. The number of nitrogens with zero attached hydrogens (tertiary/aromatic N) is 2. The maximum atomic E-state index is 13.4. The van der Waals surface area contributed by atoms with Gasteiger partial charge in [-0.1, -0.05) is 110 Å². The summed E-state index contributed by atoms with van der Waals surface area (Å²) < 4.78 is 24.1. The van der Waals surface area contributed by atoms with Crippen LogP contribution in [0.15, 0.2) is 121 Å². The van der Waals surface area contributed by atoms with E-state index >= 15 is 0 Å². The summed E-state index contributed by atoms with van der Waals surface area (Å²) in [5.74, 6) is 2.11. The van der Waals surface area contributed by atoms with Crippen molar-refractivity contribution < 1.29 is 28.8 Å². The topological polar surface area (TPSA) is 132 Å². The molecule has 0 unspecified atom stereocenters. The molecule has 3 aromatic heterocycles. The van der Waals surface area contributed by atoms with Crippen molar-refractivity contribution in [1.29, 1.82) is 0 Å². The van der Waals surface area contributed by atoms with Crippen molar-refractivity contribution >= 4 is 52.3 Å². The fourth-order valence-electron chi connectivity index (χ4n) is 10.8. The summed E-state index contributed by atoms with van der Waals surface area (Å²) in [7, 11) is 5.00. The molecule has 0 atom stereocenters. The number of benzene rings is 5. The van der Waals surface area contributed by atoms with Crippen LogP contribution in [-0.4, -0.2) is 52.3 Å². The molecule has 3 aliphatic heterocycles. The number of fused-ring (bicyclic) bond motifs is 10. The summed E-state index contributed by atoms with van der Waals surface area (Å²) in [4.78, 5) is 32.2. The predicted molar refractivity (Wildman–Crippen MR) is 303 cm³/mol. The number of carbonyl (C=O) groups is 1. The molecule has 0 aliphatic carbocycles. The maximum Gasteiger partial charge on any atom is 0.339 e. The second-order valence-electron chi connectivity index (χ2n) is 22.0. The zero-order chi connectivity index (χ0) is 52.7. The number of H-pyrrole nitrogens is 2. The van der Waals surface area contributed by atoms with Crippen LogP contribution in [0.25, 0.3) is 90.9 Å². The van der Waals surface area contributed by atoms with Crippen LogP contribution in [0.5, 0.6) is 28.7 Å². The van der Waals surface area contributed by atoms with Crippen LogP contribution in [-0.2, 0) is 16.2 Å². The second-order valence-corrected chi connectivity index (χ2v) is 22.0. The Morgan fingerprint density at radius 3 is 1.29 bits per heavy atom. The fourth-order valence-corrected chi connectivity index (χ4v) is 10.8. The monoisotopic (exact) mass is 992 g/mol. The van der Waals surface area contributed by atoms with Gasteiger partial charge in [0.2, 0.25) is 0 Å². The molecule has 3 aliphatic rings. The number of ether oxygens (including phenoxy) is 4. The summed E-state index contributed by atoms with van der Waals surface area (Å²) in [5, 5.41) is 11.0.